The highest BCUT2D eigenvalue weighted by Crippen LogP contribution is 2.06. The first-order chi connectivity index (χ1) is 5.77. The Labute approximate surface area is 76.3 Å². The zero-order valence-electron chi connectivity index (χ0n) is 6.71. The van der Waals surface area contributed by atoms with Gasteiger partial charge in [-0.2, -0.15) is 0 Å². The van der Waals surface area contributed by atoms with Gasteiger partial charge in [-0.25, -0.2) is 4.79 Å². The maximum absolute atomic E-state index is 10.9. The maximum atomic E-state index is 10.9. The predicted molar refractivity (Wildman–Crippen MR) is 47.1 cm³/mol. The van der Waals surface area contributed by atoms with Crippen LogP contribution in [0.3, 0.4) is 0 Å². The molecule has 0 amide bonds. The second-order valence-electron chi connectivity index (χ2n) is 2.42. The number of benzene rings is 1. The molecule has 0 atom stereocenters. The second kappa shape index (κ2) is 4.12. The van der Waals surface area contributed by atoms with Crippen molar-refractivity contribution in [2.24, 2.45) is 0 Å². The predicted octanol–water partition coefficient (Wildman–Crippen LogP) is 2.56. The monoisotopic (exact) mass is 184 g/mol. The van der Waals surface area contributed by atoms with Crippen LogP contribution in [0.25, 0.3) is 0 Å². The average molecular weight is 185 g/mol. The largest absolute Gasteiger partial charge is 0.356 e. The topological polar surface area (TPSA) is 26.3 Å². The summed E-state index contributed by atoms with van der Waals surface area (Å²) >= 11 is 4.91. The van der Waals surface area contributed by atoms with Crippen molar-refractivity contribution in [1.29, 1.82) is 0 Å². The van der Waals surface area contributed by atoms with Crippen LogP contribution >= 0.6 is 11.9 Å². The Morgan fingerprint density at radius 3 is 2.42 bits per heavy atom. The van der Waals surface area contributed by atoms with E-state index in [1.165, 1.54) is 5.56 Å². The summed E-state index contributed by atoms with van der Waals surface area (Å²) in [6.07, 6.45) is 0.955. The van der Waals surface area contributed by atoms with Crippen LogP contribution in [0.4, 0.5) is 0 Å². The summed E-state index contributed by atoms with van der Waals surface area (Å²) < 4.78 is 4.04. The van der Waals surface area contributed by atoms with Crippen molar-refractivity contribution in [2.75, 3.05) is 0 Å². The van der Waals surface area contributed by atoms with Gasteiger partial charge in [-0.1, -0.05) is 19.1 Å². The van der Waals surface area contributed by atoms with Gasteiger partial charge in [0, 0.05) is 0 Å². The van der Waals surface area contributed by atoms with Crippen LogP contribution in [0, 0.1) is 0 Å². The van der Waals surface area contributed by atoms with Crippen LogP contribution in [0.15, 0.2) is 24.3 Å². The van der Waals surface area contributed by atoms with Gasteiger partial charge >= 0.3 is 5.97 Å². The third-order valence-electron chi connectivity index (χ3n) is 1.67. The van der Waals surface area contributed by atoms with Gasteiger partial charge in [0.05, 0.1) is 5.56 Å². The first-order valence-corrected chi connectivity index (χ1v) is 4.00. The van der Waals surface area contributed by atoms with E-state index in [0.29, 0.717) is 5.56 Å². The zero-order valence-corrected chi connectivity index (χ0v) is 7.47. The van der Waals surface area contributed by atoms with E-state index >= 15 is 0 Å². The van der Waals surface area contributed by atoms with E-state index in [-0.39, 0.29) is 0 Å². The van der Waals surface area contributed by atoms with Crippen LogP contribution in [-0.2, 0) is 10.7 Å². The highest BCUT2D eigenvalue weighted by atomic mass is 35.5. The Morgan fingerprint density at radius 1 is 1.42 bits per heavy atom. The molecule has 1 aromatic carbocycles. The molecule has 0 saturated heterocycles. The van der Waals surface area contributed by atoms with E-state index in [1.54, 1.807) is 12.1 Å². The number of carbonyl (C=O) groups is 1. The summed E-state index contributed by atoms with van der Waals surface area (Å²) in [6, 6.07) is 7.15. The Kier molecular flexibility index (Phi) is 3.11. The highest BCUT2D eigenvalue weighted by Gasteiger charge is 2.04. The fraction of sp³-hybridized carbons (Fsp3) is 0.222. The van der Waals surface area contributed by atoms with Crippen molar-refractivity contribution in [3.8, 4) is 0 Å². The van der Waals surface area contributed by atoms with Gasteiger partial charge in [-0.15, -0.1) is 0 Å². The first-order valence-electron chi connectivity index (χ1n) is 3.69. The van der Waals surface area contributed by atoms with Gasteiger partial charge < -0.3 is 4.29 Å². The lowest BCUT2D eigenvalue weighted by atomic mass is 10.1. The molecule has 1 aromatic rings. The molecule has 2 nitrogen and oxygen atoms in total. The summed E-state index contributed by atoms with van der Waals surface area (Å²) in [6.45, 7) is 2.05. The summed E-state index contributed by atoms with van der Waals surface area (Å²) in [7, 11) is 0. The summed E-state index contributed by atoms with van der Waals surface area (Å²) in [4.78, 5) is 10.9. The van der Waals surface area contributed by atoms with Gasteiger partial charge in [-0.3, -0.25) is 0 Å². The molecule has 12 heavy (non-hydrogen) atoms. The first kappa shape index (κ1) is 9.07. The van der Waals surface area contributed by atoms with E-state index < -0.39 is 5.97 Å². The van der Waals surface area contributed by atoms with E-state index in [0.717, 1.165) is 6.42 Å². The van der Waals surface area contributed by atoms with Crippen molar-refractivity contribution >= 4 is 17.8 Å². The molecule has 1 rings (SSSR count). The third-order valence-corrected chi connectivity index (χ3v) is 1.81. The molecule has 3 heteroatoms. The number of carbonyl (C=O) groups excluding carboxylic acids is 1. The second-order valence-corrected chi connectivity index (χ2v) is 2.57. The molecule has 0 heterocycles. The smallest absolute Gasteiger partial charge is 0.343 e. The Morgan fingerprint density at radius 2 is 2.00 bits per heavy atom. The number of rotatable bonds is 2. The van der Waals surface area contributed by atoms with Crippen molar-refractivity contribution in [2.45, 2.75) is 13.3 Å². The molecular formula is C9H9ClO2. The zero-order chi connectivity index (χ0) is 8.97. The van der Waals surface area contributed by atoms with Crippen molar-refractivity contribution in [3.63, 3.8) is 0 Å². The van der Waals surface area contributed by atoms with Crippen LogP contribution in [0.5, 0.6) is 0 Å². The molecule has 0 saturated carbocycles. The molecule has 0 aliphatic heterocycles. The molecule has 0 unspecified atom stereocenters. The highest BCUT2D eigenvalue weighted by molar-refractivity contribution is 6.15. The molecule has 64 valence electrons. The molecular weight excluding hydrogens is 176 g/mol. The van der Waals surface area contributed by atoms with E-state index in [2.05, 4.69) is 11.2 Å². The Bertz CT molecular complexity index is 266. The fourth-order valence-electron chi connectivity index (χ4n) is 0.921. The summed E-state index contributed by atoms with van der Waals surface area (Å²) in [5.41, 5.74) is 1.66. The summed E-state index contributed by atoms with van der Waals surface area (Å²) in [5.74, 6) is -0.515. The molecule has 0 fully saturated rings. The van der Waals surface area contributed by atoms with Crippen LogP contribution in [0.1, 0.15) is 22.8 Å². The maximum Gasteiger partial charge on any atom is 0.356 e. The number of aryl methyl sites for hydroxylation is 1. The van der Waals surface area contributed by atoms with Crippen LogP contribution in [0.2, 0.25) is 0 Å². The SMILES string of the molecule is CCc1ccc(C(=O)OCl)cc1. The molecule has 0 aliphatic rings. The van der Waals surface area contributed by atoms with Gasteiger partial charge in [0.15, 0.2) is 0 Å². The molecule has 0 aliphatic carbocycles. The summed E-state index contributed by atoms with van der Waals surface area (Å²) in [5, 5.41) is 0. The fourth-order valence-corrected chi connectivity index (χ4v) is 1.01. The Balaban J connectivity index is 2.84. The molecule has 0 N–H and O–H groups in total. The van der Waals surface area contributed by atoms with Gasteiger partial charge in [0.2, 0.25) is 0 Å². The lowest BCUT2D eigenvalue weighted by Crippen LogP contribution is -1.97. The van der Waals surface area contributed by atoms with Crippen LogP contribution < -0.4 is 0 Å². The number of halogens is 1. The minimum Gasteiger partial charge on any atom is -0.343 e. The van der Waals surface area contributed by atoms with Crippen LogP contribution in [-0.4, -0.2) is 5.97 Å². The quantitative estimate of drug-likeness (QED) is 0.706. The third kappa shape index (κ3) is 1.98. The van der Waals surface area contributed by atoms with Gasteiger partial charge in [-0.05, 0) is 24.1 Å². The standard InChI is InChI=1S/C9H9ClO2/c1-2-7-3-5-8(6-4-7)9(11)12-10/h3-6H,2H2,1H3. The minimum absolute atomic E-state index is 0.474. The van der Waals surface area contributed by atoms with E-state index in [4.69, 9.17) is 11.9 Å². The van der Waals surface area contributed by atoms with Gasteiger partial charge in [0.25, 0.3) is 0 Å². The number of hydrogen-bond acceptors (Lipinski definition) is 2. The van der Waals surface area contributed by atoms with Crippen molar-refractivity contribution < 1.29 is 9.08 Å². The van der Waals surface area contributed by atoms with Crippen molar-refractivity contribution in [3.05, 3.63) is 35.4 Å². The molecule has 0 spiro atoms. The minimum atomic E-state index is -0.515. The number of hydrogen-bond donors (Lipinski definition) is 0. The molecule has 0 radical (unpaired) electrons. The lowest BCUT2D eigenvalue weighted by molar-refractivity contribution is 0.0751. The Hall–Kier alpha value is -1.02. The van der Waals surface area contributed by atoms with Crippen molar-refractivity contribution in [1.82, 2.24) is 0 Å². The normalized spacial score (nSPS) is 9.50. The molecule has 0 bridgehead atoms. The van der Waals surface area contributed by atoms with Gasteiger partial charge in [0.1, 0.15) is 11.9 Å². The van der Waals surface area contributed by atoms with E-state index in [9.17, 15) is 4.79 Å². The molecule has 0 aromatic heterocycles. The lowest BCUT2D eigenvalue weighted by Gasteiger charge is -1.97. The average Bonchev–Trinajstić information content (AvgIpc) is 2.17. The van der Waals surface area contributed by atoms with E-state index in [1.807, 2.05) is 12.1 Å².